The third kappa shape index (κ3) is 4.64. The van der Waals surface area contributed by atoms with Crippen LogP contribution in [0, 0.1) is 0 Å². The van der Waals surface area contributed by atoms with Crippen LogP contribution < -0.4 is 5.56 Å². The van der Waals surface area contributed by atoms with Crippen molar-refractivity contribution < 1.29 is 16.8 Å². The van der Waals surface area contributed by atoms with Gasteiger partial charge in [0, 0.05) is 33.2 Å². The second-order valence-electron chi connectivity index (χ2n) is 8.86. The van der Waals surface area contributed by atoms with E-state index in [0.717, 1.165) is 11.3 Å². The standard InChI is InChI=1S/C25H26N4O5S3/c1-18(24-26-21-11-7-6-10-20(21)25(30)27(24)2)28-14-16-29(17-15-28)37(33,34)23-13-12-22(35-23)36(31,32)19-8-4-3-5-9-19/h3-13,18H,14-17H2,1-2H3. The van der Waals surface area contributed by atoms with Crippen molar-refractivity contribution in [2.24, 2.45) is 7.05 Å². The maximum Gasteiger partial charge on any atom is 0.261 e. The van der Waals surface area contributed by atoms with Crippen LogP contribution in [-0.4, -0.2) is 61.8 Å². The fraction of sp³-hybridized carbons (Fsp3) is 0.280. The van der Waals surface area contributed by atoms with Gasteiger partial charge in [-0.3, -0.25) is 14.3 Å². The molecule has 0 radical (unpaired) electrons. The van der Waals surface area contributed by atoms with Crippen LogP contribution >= 0.6 is 11.3 Å². The maximum absolute atomic E-state index is 13.3. The molecule has 0 bridgehead atoms. The first-order valence-corrected chi connectivity index (χ1v) is 15.4. The molecule has 0 N–H and O–H groups in total. The summed E-state index contributed by atoms with van der Waals surface area (Å²) in [6.07, 6.45) is 0. The Hall–Kier alpha value is -2.90. The SMILES string of the molecule is CC(c1nc2ccccc2c(=O)n1C)N1CCN(S(=O)(=O)c2ccc(S(=O)(=O)c3ccccc3)s2)CC1. The van der Waals surface area contributed by atoms with Gasteiger partial charge >= 0.3 is 0 Å². The van der Waals surface area contributed by atoms with Crippen molar-refractivity contribution in [1.29, 1.82) is 0 Å². The Kier molecular flexibility index (Phi) is 6.79. The summed E-state index contributed by atoms with van der Waals surface area (Å²) in [4.78, 5) is 19.8. The third-order valence-electron chi connectivity index (χ3n) is 6.68. The Morgan fingerprint density at radius 3 is 2.16 bits per heavy atom. The van der Waals surface area contributed by atoms with Gasteiger partial charge in [-0.1, -0.05) is 30.3 Å². The van der Waals surface area contributed by atoms with Crippen LogP contribution in [0.2, 0.25) is 0 Å². The highest BCUT2D eigenvalue weighted by atomic mass is 32.3. The van der Waals surface area contributed by atoms with Gasteiger partial charge in [0.15, 0.2) is 0 Å². The molecule has 1 atom stereocenters. The lowest BCUT2D eigenvalue weighted by Gasteiger charge is -2.37. The number of thiophene rings is 1. The summed E-state index contributed by atoms with van der Waals surface area (Å²) < 4.78 is 55.4. The average Bonchev–Trinajstić information content (AvgIpc) is 3.43. The van der Waals surface area contributed by atoms with E-state index >= 15 is 0 Å². The summed E-state index contributed by atoms with van der Waals surface area (Å²) in [6.45, 7) is 3.34. The molecule has 0 amide bonds. The van der Waals surface area contributed by atoms with E-state index in [-0.39, 0.29) is 38.0 Å². The van der Waals surface area contributed by atoms with Crippen molar-refractivity contribution in [3.05, 3.63) is 82.9 Å². The number of fused-ring (bicyclic) bond motifs is 1. The lowest BCUT2D eigenvalue weighted by Crippen LogP contribution is -2.49. The molecule has 1 fully saturated rings. The smallest absolute Gasteiger partial charge is 0.261 e. The van der Waals surface area contributed by atoms with Gasteiger partial charge in [0.2, 0.25) is 9.84 Å². The van der Waals surface area contributed by atoms with Gasteiger partial charge in [-0.05, 0) is 43.3 Å². The van der Waals surface area contributed by atoms with Gasteiger partial charge in [0.1, 0.15) is 14.2 Å². The van der Waals surface area contributed by atoms with E-state index in [2.05, 4.69) is 4.90 Å². The van der Waals surface area contributed by atoms with Gasteiger partial charge in [0.05, 0.1) is 21.8 Å². The number of piperazine rings is 1. The second kappa shape index (κ2) is 9.76. The number of sulfone groups is 1. The molecule has 0 spiro atoms. The molecule has 0 saturated carbocycles. The van der Waals surface area contributed by atoms with Gasteiger partial charge < -0.3 is 0 Å². The molecule has 9 nitrogen and oxygen atoms in total. The lowest BCUT2D eigenvalue weighted by atomic mass is 10.2. The molecule has 1 saturated heterocycles. The predicted octanol–water partition coefficient (Wildman–Crippen LogP) is 2.90. The summed E-state index contributed by atoms with van der Waals surface area (Å²) in [6, 6.07) is 17.7. The van der Waals surface area contributed by atoms with Crippen molar-refractivity contribution in [2.75, 3.05) is 26.2 Å². The number of aromatic nitrogens is 2. The maximum atomic E-state index is 13.3. The normalized spacial score (nSPS) is 16.7. The van der Waals surface area contributed by atoms with Crippen LogP contribution in [0.1, 0.15) is 18.8 Å². The number of hydrogen-bond acceptors (Lipinski definition) is 8. The Morgan fingerprint density at radius 2 is 1.46 bits per heavy atom. The minimum absolute atomic E-state index is 0.00194. The molecule has 1 unspecified atom stereocenters. The first kappa shape index (κ1) is 25.7. The summed E-state index contributed by atoms with van der Waals surface area (Å²) in [5.74, 6) is 0.619. The van der Waals surface area contributed by atoms with Crippen LogP contribution in [0.25, 0.3) is 10.9 Å². The zero-order valence-corrected chi connectivity index (χ0v) is 22.8. The fourth-order valence-electron chi connectivity index (χ4n) is 4.53. The Balaban J connectivity index is 1.32. The molecule has 5 rings (SSSR count). The summed E-state index contributed by atoms with van der Waals surface area (Å²) >= 11 is 0.765. The molecule has 37 heavy (non-hydrogen) atoms. The summed E-state index contributed by atoms with van der Waals surface area (Å²) in [7, 11) is -5.94. The topological polar surface area (TPSA) is 110 Å². The van der Waals surface area contributed by atoms with E-state index in [4.69, 9.17) is 4.98 Å². The first-order valence-electron chi connectivity index (χ1n) is 11.7. The van der Waals surface area contributed by atoms with Crippen LogP contribution in [0.3, 0.4) is 0 Å². The molecule has 1 aliphatic heterocycles. The van der Waals surface area contributed by atoms with E-state index < -0.39 is 19.9 Å². The molecule has 4 aromatic rings. The van der Waals surface area contributed by atoms with Gasteiger partial charge in [0.25, 0.3) is 15.6 Å². The van der Waals surface area contributed by atoms with Crippen molar-refractivity contribution in [2.45, 2.75) is 26.3 Å². The van der Waals surface area contributed by atoms with Crippen molar-refractivity contribution in [1.82, 2.24) is 18.8 Å². The van der Waals surface area contributed by atoms with Crippen LogP contribution in [0.4, 0.5) is 0 Å². The van der Waals surface area contributed by atoms with Crippen molar-refractivity contribution in [3.8, 4) is 0 Å². The minimum Gasteiger partial charge on any atom is -0.298 e. The Labute approximate surface area is 219 Å². The fourth-order valence-corrected chi connectivity index (χ4v) is 9.30. The van der Waals surface area contributed by atoms with Crippen molar-refractivity contribution in [3.63, 3.8) is 0 Å². The third-order valence-corrected chi connectivity index (χ3v) is 12.4. The number of sulfonamides is 1. The highest BCUT2D eigenvalue weighted by Gasteiger charge is 2.33. The number of hydrogen-bond donors (Lipinski definition) is 0. The number of para-hydroxylation sites is 1. The van der Waals surface area contributed by atoms with Crippen molar-refractivity contribution >= 4 is 42.1 Å². The molecule has 3 heterocycles. The van der Waals surface area contributed by atoms with Gasteiger partial charge in [-0.2, -0.15) is 4.31 Å². The van der Waals surface area contributed by atoms with Crippen LogP contribution in [0.5, 0.6) is 0 Å². The van der Waals surface area contributed by atoms with E-state index in [1.54, 1.807) is 35.9 Å². The largest absolute Gasteiger partial charge is 0.298 e. The number of rotatable bonds is 6. The molecular formula is C25H26N4O5S3. The van der Waals surface area contributed by atoms with Gasteiger partial charge in [-0.25, -0.2) is 21.8 Å². The highest BCUT2D eigenvalue weighted by Crippen LogP contribution is 2.32. The molecule has 194 valence electrons. The molecular weight excluding hydrogens is 532 g/mol. The second-order valence-corrected chi connectivity index (χ2v) is 14.3. The summed E-state index contributed by atoms with van der Waals surface area (Å²) in [5, 5.41) is 0.557. The van der Waals surface area contributed by atoms with E-state index in [1.807, 2.05) is 25.1 Å². The number of benzene rings is 2. The molecule has 2 aromatic heterocycles. The molecule has 0 aliphatic carbocycles. The zero-order valence-electron chi connectivity index (χ0n) is 20.3. The highest BCUT2D eigenvalue weighted by molar-refractivity contribution is 7.95. The van der Waals surface area contributed by atoms with E-state index in [9.17, 15) is 21.6 Å². The number of nitrogens with zero attached hydrogens (tertiary/aromatic N) is 4. The van der Waals surface area contributed by atoms with E-state index in [0.29, 0.717) is 29.8 Å². The monoisotopic (exact) mass is 558 g/mol. The van der Waals surface area contributed by atoms with Gasteiger partial charge in [-0.15, -0.1) is 11.3 Å². The quantitative estimate of drug-likeness (QED) is 0.358. The average molecular weight is 559 g/mol. The molecule has 12 heteroatoms. The summed E-state index contributed by atoms with van der Waals surface area (Å²) in [5.41, 5.74) is 0.514. The first-order chi connectivity index (χ1) is 17.6. The van der Waals surface area contributed by atoms with E-state index in [1.165, 1.54) is 28.6 Å². The zero-order chi connectivity index (χ0) is 26.4. The van der Waals surface area contributed by atoms with Crippen LogP contribution in [-0.2, 0) is 26.9 Å². The minimum atomic E-state index is -3.85. The Morgan fingerprint density at radius 1 is 0.838 bits per heavy atom. The Bertz CT molecular complexity index is 1720. The lowest BCUT2D eigenvalue weighted by molar-refractivity contribution is 0.139. The molecule has 1 aliphatic rings. The predicted molar refractivity (Wildman–Crippen MR) is 142 cm³/mol. The van der Waals surface area contributed by atoms with Crippen LogP contribution in [0.15, 0.2) is 84.8 Å². The molecule has 2 aromatic carbocycles.